The van der Waals surface area contributed by atoms with Crippen molar-refractivity contribution in [2.24, 2.45) is 0 Å². The minimum absolute atomic E-state index is 0.00736. The van der Waals surface area contributed by atoms with Crippen molar-refractivity contribution in [2.75, 3.05) is 37.8 Å². The third-order valence-electron chi connectivity index (χ3n) is 3.06. The number of rotatable bonds is 8. The molecule has 0 radical (unpaired) electrons. The first-order valence-electron chi connectivity index (χ1n) is 7.07. The van der Waals surface area contributed by atoms with Gasteiger partial charge in [0.05, 0.1) is 19.1 Å². The van der Waals surface area contributed by atoms with Gasteiger partial charge in [-0.3, -0.25) is 4.79 Å². The van der Waals surface area contributed by atoms with Crippen LogP contribution in [0.2, 0.25) is 0 Å². The van der Waals surface area contributed by atoms with Crippen molar-refractivity contribution in [3.63, 3.8) is 0 Å². The van der Waals surface area contributed by atoms with Gasteiger partial charge in [-0.25, -0.2) is 4.79 Å². The van der Waals surface area contributed by atoms with Crippen molar-refractivity contribution in [3.8, 4) is 0 Å². The second-order valence-electron chi connectivity index (χ2n) is 4.72. The van der Waals surface area contributed by atoms with Crippen LogP contribution in [0, 0.1) is 0 Å². The monoisotopic (exact) mass is 304 g/mol. The van der Waals surface area contributed by atoms with Gasteiger partial charge >= 0.3 is 12.0 Å². The summed E-state index contributed by atoms with van der Waals surface area (Å²) in [5.74, 6) is 0.682. The zero-order chi connectivity index (χ0) is 14.8. The molecule has 1 atom stereocenters. The van der Waals surface area contributed by atoms with Crippen LogP contribution < -0.4 is 5.32 Å². The average molecular weight is 304 g/mol. The second kappa shape index (κ2) is 9.88. The summed E-state index contributed by atoms with van der Waals surface area (Å²) >= 11 is 1.69. The van der Waals surface area contributed by atoms with Crippen LogP contribution in [0.1, 0.15) is 26.2 Å². The molecule has 0 aromatic carbocycles. The Labute approximate surface area is 124 Å². The molecule has 7 heteroatoms. The molecule has 0 bridgehead atoms. The number of nitrogens with one attached hydrogen (secondary N) is 1. The van der Waals surface area contributed by atoms with Gasteiger partial charge in [0.25, 0.3) is 0 Å². The van der Waals surface area contributed by atoms with Gasteiger partial charge in [-0.05, 0) is 6.42 Å². The minimum atomic E-state index is -0.863. The minimum Gasteiger partial charge on any atom is -0.481 e. The van der Waals surface area contributed by atoms with Gasteiger partial charge in [0.2, 0.25) is 0 Å². The quantitative estimate of drug-likeness (QED) is 0.663. The molecule has 1 aliphatic rings. The van der Waals surface area contributed by atoms with Crippen LogP contribution in [0.25, 0.3) is 0 Å². The highest BCUT2D eigenvalue weighted by Gasteiger charge is 2.28. The van der Waals surface area contributed by atoms with E-state index in [0.717, 1.165) is 18.6 Å². The number of carboxylic acids is 1. The lowest BCUT2D eigenvalue weighted by molar-refractivity contribution is -0.138. The van der Waals surface area contributed by atoms with Crippen LogP contribution in [-0.2, 0) is 9.53 Å². The number of nitrogens with zero attached hydrogens (tertiary/aromatic N) is 1. The maximum Gasteiger partial charge on any atom is 0.317 e. The molecule has 1 unspecified atom stereocenters. The summed E-state index contributed by atoms with van der Waals surface area (Å²) in [7, 11) is 0. The zero-order valence-corrected chi connectivity index (χ0v) is 12.8. The molecule has 1 rings (SSSR count). The predicted octanol–water partition coefficient (Wildman–Crippen LogP) is 1.40. The Balaban J connectivity index is 2.26. The second-order valence-corrected chi connectivity index (χ2v) is 5.87. The Morgan fingerprint density at radius 2 is 2.25 bits per heavy atom. The molecular weight excluding hydrogens is 280 g/mol. The Morgan fingerprint density at radius 1 is 1.45 bits per heavy atom. The molecule has 6 nitrogen and oxygen atoms in total. The Hall–Kier alpha value is -0.950. The number of carbonyl (C=O) groups is 2. The van der Waals surface area contributed by atoms with E-state index < -0.39 is 5.97 Å². The van der Waals surface area contributed by atoms with Gasteiger partial charge < -0.3 is 20.1 Å². The van der Waals surface area contributed by atoms with E-state index in [1.807, 2.05) is 0 Å². The molecule has 0 saturated carbocycles. The number of urea groups is 1. The number of hydrogen-bond donors (Lipinski definition) is 2. The van der Waals surface area contributed by atoms with Crippen LogP contribution in [0.3, 0.4) is 0 Å². The van der Waals surface area contributed by atoms with E-state index in [0.29, 0.717) is 32.1 Å². The average Bonchev–Trinajstić information content (AvgIpc) is 2.42. The highest BCUT2D eigenvalue weighted by Crippen LogP contribution is 2.18. The van der Waals surface area contributed by atoms with Gasteiger partial charge in [0, 0.05) is 31.2 Å². The number of carbonyl (C=O) groups excluding carboxylic acids is 1. The van der Waals surface area contributed by atoms with Gasteiger partial charge in [0.1, 0.15) is 0 Å². The molecule has 0 spiro atoms. The van der Waals surface area contributed by atoms with Crippen LogP contribution in [0.5, 0.6) is 0 Å². The number of carboxylic acid groups (broad SMARTS) is 1. The maximum atomic E-state index is 12.0. The van der Waals surface area contributed by atoms with E-state index in [9.17, 15) is 9.59 Å². The fraction of sp³-hybridized carbons (Fsp3) is 0.846. The molecule has 0 aromatic rings. The van der Waals surface area contributed by atoms with Crippen molar-refractivity contribution in [1.82, 2.24) is 10.2 Å². The summed E-state index contributed by atoms with van der Waals surface area (Å²) in [6, 6.07) is -0.400. The van der Waals surface area contributed by atoms with E-state index in [1.54, 1.807) is 16.7 Å². The SMILES string of the molecule is CCCCOCCNC(=O)N1CCSCC1CC(=O)O. The number of unbranched alkanes of at least 4 members (excludes halogenated alkanes) is 1. The fourth-order valence-corrected chi connectivity index (χ4v) is 3.04. The number of hydrogen-bond acceptors (Lipinski definition) is 4. The zero-order valence-electron chi connectivity index (χ0n) is 12.0. The highest BCUT2D eigenvalue weighted by atomic mass is 32.2. The summed E-state index contributed by atoms with van der Waals surface area (Å²) in [6.45, 7) is 4.38. The number of amides is 2. The Kier molecular flexibility index (Phi) is 8.45. The topological polar surface area (TPSA) is 78.9 Å². The summed E-state index contributed by atoms with van der Waals surface area (Å²) in [5, 5.41) is 11.7. The molecule has 1 fully saturated rings. The van der Waals surface area contributed by atoms with Gasteiger partial charge in [-0.15, -0.1) is 0 Å². The predicted molar refractivity (Wildman–Crippen MR) is 79.2 cm³/mol. The number of ether oxygens (including phenoxy) is 1. The summed E-state index contributed by atoms with van der Waals surface area (Å²) in [5.41, 5.74) is 0. The lowest BCUT2D eigenvalue weighted by Crippen LogP contribution is -2.51. The van der Waals surface area contributed by atoms with E-state index in [4.69, 9.17) is 9.84 Å². The van der Waals surface area contributed by atoms with Crippen molar-refractivity contribution in [2.45, 2.75) is 32.2 Å². The van der Waals surface area contributed by atoms with E-state index in [2.05, 4.69) is 12.2 Å². The largest absolute Gasteiger partial charge is 0.481 e. The summed E-state index contributed by atoms with van der Waals surface area (Å²) < 4.78 is 5.37. The first-order chi connectivity index (χ1) is 9.65. The van der Waals surface area contributed by atoms with E-state index in [1.165, 1.54) is 0 Å². The lowest BCUT2D eigenvalue weighted by atomic mass is 10.2. The van der Waals surface area contributed by atoms with Crippen LogP contribution in [-0.4, -0.2) is 65.9 Å². The number of thioether (sulfide) groups is 1. The molecule has 0 aromatic heterocycles. The van der Waals surface area contributed by atoms with Gasteiger partial charge in [-0.2, -0.15) is 11.8 Å². The summed E-state index contributed by atoms with van der Waals surface area (Å²) in [4.78, 5) is 24.5. The van der Waals surface area contributed by atoms with Gasteiger partial charge in [0.15, 0.2) is 0 Å². The molecule has 0 aliphatic carbocycles. The standard InChI is InChI=1S/C13H24N2O4S/c1-2-3-6-19-7-4-14-13(18)15-5-8-20-10-11(15)9-12(16)17/h11H,2-10H2,1H3,(H,14,18)(H,16,17). The van der Waals surface area contributed by atoms with Crippen LogP contribution in [0.15, 0.2) is 0 Å². The molecule has 2 N–H and O–H groups in total. The van der Waals surface area contributed by atoms with Crippen molar-refractivity contribution in [1.29, 1.82) is 0 Å². The van der Waals surface area contributed by atoms with Crippen molar-refractivity contribution < 1.29 is 19.4 Å². The molecular formula is C13H24N2O4S. The van der Waals surface area contributed by atoms with Crippen LogP contribution in [0.4, 0.5) is 4.79 Å². The molecule has 2 amide bonds. The van der Waals surface area contributed by atoms with E-state index >= 15 is 0 Å². The highest BCUT2D eigenvalue weighted by molar-refractivity contribution is 7.99. The first-order valence-corrected chi connectivity index (χ1v) is 8.22. The molecule has 1 saturated heterocycles. The molecule has 116 valence electrons. The van der Waals surface area contributed by atoms with Crippen molar-refractivity contribution in [3.05, 3.63) is 0 Å². The van der Waals surface area contributed by atoms with Crippen molar-refractivity contribution >= 4 is 23.8 Å². The third-order valence-corrected chi connectivity index (χ3v) is 4.16. The fourth-order valence-electron chi connectivity index (χ4n) is 1.97. The third kappa shape index (κ3) is 6.47. The first kappa shape index (κ1) is 17.1. The molecule has 1 aliphatic heterocycles. The molecule has 20 heavy (non-hydrogen) atoms. The van der Waals surface area contributed by atoms with E-state index in [-0.39, 0.29) is 18.5 Å². The lowest BCUT2D eigenvalue weighted by Gasteiger charge is -2.34. The Bertz CT molecular complexity index is 315. The Morgan fingerprint density at radius 3 is 2.95 bits per heavy atom. The van der Waals surface area contributed by atoms with Crippen LogP contribution >= 0.6 is 11.8 Å². The maximum absolute atomic E-state index is 12.0. The smallest absolute Gasteiger partial charge is 0.317 e. The van der Waals surface area contributed by atoms with Gasteiger partial charge in [-0.1, -0.05) is 13.3 Å². The number of aliphatic carboxylic acids is 1. The molecule has 1 heterocycles. The summed E-state index contributed by atoms with van der Waals surface area (Å²) in [6.07, 6.45) is 2.13. The normalized spacial score (nSPS) is 18.9.